The number of carbonyl (C=O) groups is 1. The molecule has 0 aromatic heterocycles. The van der Waals surface area contributed by atoms with Gasteiger partial charge in [0.25, 0.3) is 0 Å². The molecule has 8 heteroatoms. The van der Waals surface area contributed by atoms with Crippen molar-refractivity contribution in [2.75, 3.05) is 29.5 Å². The second-order valence-electron chi connectivity index (χ2n) is 5.18. The number of ether oxygens (including phenoxy) is 1. The molecule has 7 nitrogen and oxygen atoms in total. The Morgan fingerprint density at radius 3 is 2.40 bits per heavy atom. The Morgan fingerprint density at radius 2 is 1.84 bits per heavy atom. The van der Waals surface area contributed by atoms with E-state index in [4.69, 9.17) is 10.00 Å². The third-order valence-corrected chi connectivity index (χ3v) is 4.49. The molecule has 1 amide bonds. The summed E-state index contributed by atoms with van der Waals surface area (Å²) in [5.74, 6) is -0.0422. The van der Waals surface area contributed by atoms with Crippen molar-refractivity contribution in [1.82, 2.24) is 0 Å². The molecular formula is C17H17N3O4S. The molecule has 0 heterocycles. The van der Waals surface area contributed by atoms with Crippen LogP contribution in [0.25, 0.3) is 0 Å². The predicted octanol–water partition coefficient (Wildman–Crippen LogP) is 1.97. The largest absolute Gasteiger partial charge is 0.495 e. The number of nitriles is 1. The number of nitrogens with one attached hydrogen (secondary N) is 1. The van der Waals surface area contributed by atoms with Crippen molar-refractivity contribution in [3.8, 4) is 11.8 Å². The third kappa shape index (κ3) is 4.71. The summed E-state index contributed by atoms with van der Waals surface area (Å²) in [5.41, 5.74) is 1.15. The van der Waals surface area contributed by atoms with Gasteiger partial charge in [-0.05, 0) is 36.4 Å². The molecule has 0 spiro atoms. The van der Waals surface area contributed by atoms with E-state index in [1.807, 2.05) is 6.07 Å². The molecule has 2 aromatic carbocycles. The first-order valence-electron chi connectivity index (χ1n) is 7.26. The van der Waals surface area contributed by atoms with E-state index in [1.54, 1.807) is 24.3 Å². The number of methoxy groups -OCH3 is 1. The van der Waals surface area contributed by atoms with Gasteiger partial charge >= 0.3 is 0 Å². The van der Waals surface area contributed by atoms with Crippen LogP contribution in [0.15, 0.2) is 48.5 Å². The standard InChI is InChI=1S/C17H17N3O4S/c1-24-16-6-4-3-5-15(16)19-17(21)12-20(25(2,22)23)14-9-7-13(11-18)8-10-14/h3-10H,12H2,1-2H3,(H,19,21). The average Bonchev–Trinajstić information content (AvgIpc) is 2.59. The summed E-state index contributed by atoms with van der Waals surface area (Å²) < 4.78 is 30.2. The highest BCUT2D eigenvalue weighted by atomic mass is 32.2. The van der Waals surface area contributed by atoms with Crippen LogP contribution in [-0.4, -0.2) is 34.2 Å². The van der Waals surface area contributed by atoms with E-state index in [1.165, 1.54) is 31.4 Å². The molecule has 2 aromatic rings. The molecule has 0 aliphatic heterocycles. The number of benzene rings is 2. The number of anilines is 2. The van der Waals surface area contributed by atoms with Crippen LogP contribution < -0.4 is 14.4 Å². The van der Waals surface area contributed by atoms with E-state index < -0.39 is 22.5 Å². The van der Waals surface area contributed by atoms with E-state index in [2.05, 4.69) is 5.32 Å². The molecule has 0 saturated carbocycles. The van der Waals surface area contributed by atoms with Gasteiger partial charge in [-0.25, -0.2) is 8.42 Å². The molecule has 0 aliphatic rings. The Hall–Kier alpha value is -3.05. The Balaban J connectivity index is 2.22. The minimum atomic E-state index is -3.68. The Morgan fingerprint density at radius 1 is 1.20 bits per heavy atom. The van der Waals surface area contributed by atoms with Crippen LogP contribution in [0.1, 0.15) is 5.56 Å². The molecule has 0 saturated heterocycles. The molecule has 0 aliphatic carbocycles. The fourth-order valence-electron chi connectivity index (χ4n) is 2.17. The molecule has 0 unspecified atom stereocenters. The maximum atomic E-state index is 12.3. The maximum Gasteiger partial charge on any atom is 0.245 e. The summed E-state index contributed by atoms with van der Waals surface area (Å²) in [5, 5.41) is 11.5. The smallest absolute Gasteiger partial charge is 0.245 e. The van der Waals surface area contributed by atoms with Gasteiger partial charge in [0.2, 0.25) is 15.9 Å². The molecule has 130 valence electrons. The van der Waals surface area contributed by atoms with E-state index in [0.29, 0.717) is 22.7 Å². The van der Waals surface area contributed by atoms with Crippen molar-refractivity contribution in [2.45, 2.75) is 0 Å². The highest BCUT2D eigenvalue weighted by molar-refractivity contribution is 7.92. The van der Waals surface area contributed by atoms with Gasteiger partial charge in [-0.15, -0.1) is 0 Å². The molecule has 2 rings (SSSR count). The van der Waals surface area contributed by atoms with Gasteiger partial charge in [0.15, 0.2) is 0 Å². The monoisotopic (exact) mass is 359 g/mol. The zero-order chi connectivity index (χ0) is 18.4. The maximum absolute atomic E-state index is 12.3. The number of para-hydroxylation sites is 2. The lowest BCUT2D eigenvalue weighted by Gasteiger charge is -2.22. The van der Waals surface area contributed by atoms with Gasteiger partial charge in [0, 0.05) is 0 Å². The number of carbonyl (C=O) groups excluding carboxylic acids is 1. The van der Waals surface area contributed by atoms with Crippen molar-refractivity contribution in [1.29, 1.82) is 5.26 Å². The minimum absolute atomic E-state index is 0.302. The topological polar surface area (TPSA) is 99.5 Å². The third-order valence-electron chi connectivity index (χ3n) is 3.35. The van der Waals surface area contributed by atoms with Gasteiger partial charge in [-0.3, -0.25) is 9.10 Å². The van der Waals surface area contributed by atoms with Gasteiger partial charge in [0.1, 0.15) is 12.3 Å². The molecule has 0 radical (unpaired) electrons. The van der Waals surface area contributed by atoms with Gasteiger partial charge in [-0.1, -0.05) is 12.1 Å². The summed E-state index contributed by atoms with van der Waals surface area (Å²) >= 11 is 0. The van der Waals surface area contributed by atoms with E-state index in [-0.39, 0.29) is 0 Å². The highest BCUT2D eigenvalue weighted by Gasteiger charge is 2.21. The number of hydrogen-bond acceptors (Lipinski definition) is 5. The van der Waals surface area contributed by atoms with Crippen LogP contribution in [0.5, 0.6) is 5.75 Å². The van der Waals surface area contributed by atoms with Gasteiger partial charge < -0.3 is 10.1 Å². The van der Waals surface area contributed by atoms with Crippen LogP contribution in [0.3, 0.4) is 0 Å². The lowest BCUT2D eigenvalue weighted by atomic mass is 10.2. The van der Waals surface area contributed by atoms with Crippen molar-refractivity contribution in [3.05, 3.63) is 54.1 Å². The quantitative estimate of drug-likeness (QED) is 0.850. The Bertz CT molecular complexity index is 902. The fourth-order valence-corrected chi connectivity index (χ4v) is 3.03. The molecule has 25 heavy (non-hydrogen) atoms. The van der Waals surface area contributed by atoms with Crippen LogP contribution in [0.2, 0.25) is 0 Å². The van der Waals surface area contributed by atoms with Crippen molar-refractivity contribution in [2.24, 2.45) is 0 Å². The Labute approximate surface area is 146 Å². The molecular weight excluding hydrogens is 342 g/mol. The van der Waals surface area contributed by atoms with E-state index in [9.17, 15) is 13.2 Å². The number of sulfonamides is 1. The van der Waals surface area contributed by atoms with E-state index in [0.717, 1.165) is 10.6 Å². The number of nitrogens with zero attached hydrogens (tertiary/aromatic N) is 2. The molecule has 0 fully saturated rings. The summed E-state index contributed by atoms with van der Waals surface area (Å²) in [4.78, 5) is 12.3. The van der Waals surface area contributed by atoms with Crippen molar-refractivity contribution in [3.63, 3.8) is 0 Å². The Kier molecular flexibility index (Phi) is 5.62. The first-order chi connectivity index (χ1) is 11.8. The SMILES string of the molecule is COc1ccccc1NC(=O)CN(c1ccc(C#N)cc1)S(C)(=O)=O. The van der Waals surface area contributed by atoms with Crippen LogP contribution >= 0.6 is 0 Å². The molecule has 0 atom stereocenters. The zero-order valence-corrected chi connectivity index (χ0v) is 14.6. The normalized spacial score (nSPS) is 10.6. The zero-order valence-electron chi connectivity index (χ0n) is 13.8. The summed E-state index contributed by atoms with van der Waals surface area (Å²) in [6, 6.07) is 14.7. The molecule has 0 bridgehead atoms. The second kappa shape index (κ2) is 7.68. The summed E-state index contributed by atoms with van der Waals surface area (Å²) in [6.07, 6.45) is 1.02. The first-order valence-corrected chi connectivity index (χ1v) is 9.10. The van der Waals surface area contributed by atoms with Crippen molar-refractivity contribution >= 4 is 27.3 Å². The minimum Gasteiger partial charge on any atom is -0.495 e. The molecule has 1 N–H and O–H groups in total. The fraction of sp³-hybridized carbons (Fsp3) is 0.176. The van der Waals surface area contributed by atoms with E-state index >= 15 is 0 Å². The highest BCUT2D eigenvalue weighted by Crippen LogP contribution is 2.23. The summed E-state index contributed by atoms with van der Waals surface area (Å²) in [7, 11) is -2.21. The first kappa shape index (κ1) is 18.3. The van der Waals surface area contributed by atoms with Gasteiger partial charge in [-0.2, -0.15) is 5.26 Å². The second-order valence-corrected chi connectivity index (χ2v) is 7.08. The summed E-state index contributed by atoms with van der Waals surface area (Å²) in [6.45, 7) is -0.400. The lowest BCUT2D eigenvalue weighted by molar-refractivity contribution is -0.114. The van der Waals surface area contributed by atoms with Crippen LogP contribution in [0, 0.1) is 11.3 Å². The van der Waals surface area contributed by atoms with Crippen LogP contribution in [0.4, 0.5) is 11.4 Å². The lowest BCUT2D eigenvalue weighted by Crippen LogP contribution is -2.37. The van der Waals surface area contributed by atoms with Crippen molar-refractivity contribution < 1.29 is 17.9 Å². The number of hydrogen-bond donors (Lipinski definition) is 1. The van der Waals surface area contributed by atoms with Gasteiger partial charge in [0.05, 0.1) is 36.4 Å². The average molecular weight is 359 g/mol. The predicted molar refractivity (Wildman–Crippen MR) is 95.0 cm³/mol. The van der Waals surface area contributed by atoms with Crippen LogP contribution in [-0.2, 0) is 14.8 Å². The number of amides is 1. The number of rotatable bonds is 6.